The van der Waals surface area contributed by atoms with Crippen LogP contribution in [0.15, 0.2) is 30.3 Å². The van der Waals surface area contributed by atoms with Crippen LogP contribution in [0.3, 0.4) is 0 Å². The lowest BCUT2D eigenvalue weighted by Crippen LogP contribution is -2.39. The quantitative estimate of drug-likeness (QED) is 0.854. The first-order valence-electron chi connectivity index (χ1n) is 6.64. The molecule has 1 fully saturated rings. The number of carbonyl (C=O) groups excluding carboxylic acids is 2. The highest BCUT2D eigenvalue weighted by Crippen LogP contribution is 2.09. The van der Waals surface area contributed by atoms with E-state index in [2.05, 4.69) is 5.32 Å². The average Bonchev–Trinajstić information content (AvgIpc) is 2.73. The smallest absolute Gasteiger partial charge is 0.409 e. The highest BCUT2D eigenvalue weighted by Gasteiger charge is 2.22. The first-order chi connectivity index (χ1) is 9.70. The van der Waals surface area contributed by atoms with Crippen LogP contribution in [0.2, 0.25) is 0 Å². The molecule has 20 heavy (non-hydrogen) atoms. The standard InChI is InChI=1S/C14H19N3O3/c1-20-14(19)17-9-5-8-16(10-11-17)13(18)15-12-6-3-2-4-7-12/h2-4,6-7H,5,8-11H2,1H3,(H,15,18). The molecule has 0 aromatic heterocycles. The maximum atomic E-state index is 12.1. The number of para-hydroxylation sites is 1. The molecule has 6 nitrogen and oxygen atoms in total. The number of methoxy groups -OCH3 is 1. The SMILES string of the molecule is COC(=O)N1CCCN(C(=O)Nc2ccccc2)CC1. The number of nitrogens with zero attached hydrogens (tertiary/aromatic N) is 2. The lowest BCUT2D eigenvalue weighted by Gasteiger charge is -2.21. The molecule has 3 amide bonds. The fourth-order valence-electron chi connectivity index (χ4n) is 2.16. The summed E-state index contributed by atoms with van der Waals surface area (Å²) >= 11 is 0. The number of carbonyl (C=O) groups is 2. The molecule has 1 N–H and O–H groups in total. The van der Waals surface area contributed by atoms with Crippen LogP contribution in [0, 0.1) is 0 Å². The van der Waals surface area contributed by atoms with Crippen molar-refractivity contribution >= 4 is 17.8 Å². The lowest BCUT2D eigenvalue weighted by molar-refractivity contribution is 0.125. The van der Waals surface area contributed by atoms with Crippen LogP contribution in [0.4, 0.5) is 15.3 Å². The predicted octanol–water partition coefficient (Wildman–Crippen LogP) is 1.99. The van der Waals surface area contributed by atoms with Crippen molar-refractivity contribution in [1.82, 2.24) is 9.80 Å². The second kappa shape index (κ2) is 6.79. The summed E-state index contributed by atoms with van der Waals surface area (Å²) in [7, 11) is 1.37. The van der Waals surface area contributed by atoms with Gasteiger partial charge in [0.15, 0.2) is 0 Å². The van der Waals surface area contributed by atoms with Crippen LogP contribution in [-0.4, -0.2) is 55.2 Å². The average molecular weight is 277 g/mol. The molecule has 1 aliphatic rings. The van der Waals surface area contributed by atoms with Crippen LogP contribution < -0.4 is 5.32 Å². The molecular weight excluding hydrogens is 258 g/mol. The normalized spacial score (nSPS) is 15.4. The first-order valence-corrected chi connectivity index (χ1v) is 6.64. The molecule has 0 radical (unpaired) electrons. The second-order valence-electron chi connectivity index (χ2n) is 4.59. The minimum Gasteiger partial charge on any atom is -0.453 e. The summed E-state index contributed by atoms with van der Waals surface area (Å²) in [6.07, 6.45) is 0.410. The van der Waals surface area contributed by atoms with E-state index in [4.69, 9.17) is 4.74 Å². The first kappa shape index (κ1) is 14.2. The lowest BCUT2D eigenvalue weighted by atomic mass is 10.3. The van der Waals surface area contributed by atoms with E-state index < -0.39 is 0 Å². The van der Waals surface area contributed by atoms with Crippen molar-refractivity contribution in [3.63, 3.8) is 0 Å². The van der Waals surface area contributed by atoms with E-state index in [1.807, 2.05) is 30.3 Å². The van der Waals surface area contributed by atoms with Crippen molar-refractivity contribution in [2.24, 2.45) is 0 Å². The molecule has 0 unspecified atom stereocenters. The number of benzene rings is 1. The third kappa shape index (κ3) is 3.63. The summed E-state index contributed by atoms with van der Waals surface area (Å²) in [4.78, 5) is 27.0. The van der Waals surface area contributed by atoms with E-state index >= 15 is 0 Å². The third-order valence-electron chi connectivity index (χ3n) is 3.24. The van der Waals surface area contributed by atoms with E-state index in [9.17, 15) is 9.59 Å². The summed E-state index contributed by atoms with van der Waals surface area (Å²) < 4.78 is 4.70. The Kier molecular flexibility index (Phi) is 4.81. The molecule has 1 saturated heterocycles. The summed E-state index contributed by atoms with van der Waals surface area (Å²) in [6, 6.07) is 9.19. The number of hydrogen-bond donors (Lipinski definition) is 1. The molecule has 0 spiro atoms. The van der Waals surface area contributed by atoms with E-state index in [0.29, 0.717) is 26.2 Å². The monoisotopic (exact) mass is 277 g/mol. The van der Waals surface area contributed by atoms with E-state index in [0.717, 1.165) is 12.1 Å². The second-order valence-corrected chi connectivity index (χ2v) is 4.59. The number of ether oxygens (including phenoxy) is 1. The van der Waals surface area contributed by atoms with E-state index in [1.54, 1.807) is 9.80 Å². The van der Waals surface area contributed by atoms with Gasteiger partial charge in [0, 0.05) is 31.9 Å². The van der Waals surface area contributed by atoms with Gasteiger partial charge in [0.2, 0.25) is 0 Å². The molecule has 0 saturated carbocycles. The van der Waals surface area contributed by atoms with Crippen molar-refractivity contribution in [2.75, 3.05) is 38.6 Å². The number of hydrogen-bond acceptors (Lipinski definition) is 3. The minimum atomic E-state index is -0.338. The molecule has 108 valence electrons. The number of rotatable bonds is 1. The maximum absolute atomic E-state index is 12.1. The zero-order valence-electron chi connectivity index (χ0n) is 11.5. The Morgan fingerprint density at radius 1 is 1.05 bits per heavy atom. The fourth-order valence-corrected chi connectivity index (χ4v) is 2.16. The van der Waals surface area contributed by atoms with Gasteiger partial charge in [0.05, 0.1) is 7.11 Å². The topological polar surface area (TPSA) is 61.9 Å². The summed E-state index contributed by atoms with van der Waals surface area (Å²) in [5.41, 5.74) is 0.770. The Bertz CT molecular complexity index is 464. The molecule has 2 rings (SSSR count). The largest absolute Gasteiger partial charge is 0.453 e. The number of anilines is 1. The van der Waals surface area contributed by atoms with Crippen LogP contribution >= 0.6 is 0 Å². The van der Waals surface area contributed by atoms with Gasteiger partial charge in [-0.3, -0.25) is 0 Å². The zero-order chi connectivity index (χ0) is 14.4. The van der Waals surface area contributed by atoms with Gasteiger partial charge < -0.3 is 19.9 Å². The minimum absolute atomic E-state index is 0.136. The summed E-state index contributed by atoms with van der Waals surface area (Å²) in [5.74, 6) is 0. The Morgan fingerprint density at radius 3 is 2.40 bits per heavy atom. The van der Waals surface area contributed by atoms with Crippen molar-refractivity contribution in [3.05, 3.63) is 30.3 Å². The third-order valence-corrected chi connectivity index (χ3v) is 3.24. The maximum Gasteiger partial charge on any atom is 0.409 e. The highest BCUT2D eigenvalue weighted by molar-refractivity contribution is 5.89. The number of amides is 3. The van der Waals surface area contributed by atoms with Gasteiger partial charge >= 0.3 is 12.1 Å². The Balaban J connectivity index is 1.90. The molecule has 1 heterocycles. The number of urea groups is 1. The Morgan fingerprint density at radius 2 is 1.70 bits per heavy atom. The highest BCUT2D eigenvalue weighted by atomic mass is 16.5. The van der Waals surface area contributed by atoms with Crippen molar-refractivity contribution in [3.8, 4) is 0 Å². The van der Waals surface area contributed by atoms with Gasteiger partial charge in [-0.05, 0) is 18.6 Å². The van der Waals surface area contributed by atoms with Gasteiger partial charge in [-0.25, -0.2) is 9.59 Å². The van der Waals surface area contributed by atoms with Crippen molar-refractivity contribution in [1.29, 1.82) is 0 Å². The summed E-state index contributed by atoms with van der Waals surface area (Å²) in [5, 5.41) is 2.85. The van der Waals surface area contributed by atoms with Gasteiger partial charge in [-0.2, -0.15) is 0 Å². The van der Waals surface area contributed by atoms with Gasteiger partial charge in [-0.1, -0.05) is 18.2 Å². The van der Waals surface area contributed by atoms with Gasteiger partial charge in [-0.15, -0.1) is 0 Å². The van der Waals surface area contributed by atoms with Gasteiger partial charge in [0.25, 0.3) is 0 Å². The predicted molar refractivity (Wildman–Crippen MR) is 75.6 cm³/mol. The van der Waals surface area contributed by atoms with Crippen LogP contribution in [0.1, 0.15) is 6.42 Å². The van der Waals surface area contributed by atoms with Gasteiger partial charge in [0.1, 0.15) is 0 Å². The van der Waals surface area contributed by atoms with Crippen LogP contribution in [0.5, 0.6) is 0 Å². The number of nitrogens with one attached hydrogen (secondary N) is 1. The molecule has 1 aromatic carbocycles. The van der Waals surface area contributed by atoms with Crippen LogP contribution in [0.25, 0.3) is 0 Å². The molecule has 1 aliphatic heterocycles. The molecule has 1 aromatic rings. The molecule has 0 atom stereocenters. The summed E-state index contributed by atoms with van der Waals surface area (Å²) in [6.45, 7) is 2.25. The van der Waals surface area contributed by atoms with Crippen molar-refractivity contribution < 1.29 is 14.3 Å². The molecule has 0 aliphatic carbocycles. The molecule has 6 heteroatoms. The Labute approximate surface area is 118 Å². The van der Waals surface area contributed by atoms with Crippen LogP contribution in [-0.2, 0) is 4.74 Å². The Hall–Kier alpha value is -2.24. The van der Waals surface area contributed by atoms with E-state index in [1.165, 1.54) is 7.11 Å². The zero-order valence-corrected chi connectivity index (χ0v) is 11.5. The molecule has 0 bridgehead atoms. The van der Waals surface area contributed by atoms with E-state index in [-0.39, 0.29) is 12.1 Å². The van der Waals surface area contributed by atoms with Crippen molar-refractivity contribution in [2.45, 2.75) is 6.42 Å². The molecular formula is C14H19N3O3. The fraction of sp³-hybridized carbons (Fsp3) is 0.429.